The van der Waals surface area contributed by atoms with Crippen LogP contribution < -0.4 is 10.2 Å². The molecular weight excluding hydrogens is 414 g/mol. The number of anilines is 1. The Kier molecular flexibility index (Phi) is 8.19. The van der Waals surface area contributed by atoms with Gasteiger partial charge in [-0.3, -0.25) is 20.6 Å². The number of aliphatic carboxylic acids is 1. The molecule has 0 aliphatic rings. The summed E-state index contributed by atoms with van der Waals surface area (Å²) in [7, 11) is -1.21. The Labute approximate surface area is 174 Å². The average molecular weight is 436 g/mol. The lowest BCUT2D eigenvalue weighted by Gasteiger charge is -2.10. The topological polar surface area (TPSA) is 140 Å². The third kappa shape index (κ3) is 6.89. The van der Waals surface area contributed by atoms with Crippen molar-refractivity contribution in [2.75, 3.05) is 17.5 Å². The minimum absolute atomic E-state index is 0.150. The summed E-state index contributed by atoms with van der Waals surface area (Å²) >= 11 is 0.997. The van der Waals surface area contributed by atoms with Gasteiger partial charge in [-0.25, -0.2) is 9.19 Å². The highest BCUT2D eigenvalue weighted by Crippen LogP contribution is 2.28. The number of hydrogen-bond acceptors (Lipinski definition) is 7. The van der Waals surface area contributed by atoms with Gasteiger partial charge in [0, 0.05) is 17.5 Å². The maximum absolute atomic E-state index is 11.4. The zero-order valence-corrected chi connectivity index (χ0v) is 17.4. The average Bonchev–Trinajstić information content (AvgIpc) is 3.14. The smallest absolute Gasteiger partial charge is 0.313 e. The maximum atomic E-state index is 11.4. The molecule has 0 fully saturated rings. The number of carboxylic acids is 1. The van der Waals surface area contributed by atoms with Crippen LogP contribution in [0.2, 0.25) is 0 Å². The van der Waals surface area contributed by atoms with Crippen LogP contribution in [0.15, 0.2) is 53.9 Å². The summed E-state index contributed by atoms with van der Waals surface area (Å²) in [6.07, 6.45) is 6.73. The van der Waals surface area contributed by atoms with Gasteiger partial charge in [-0.15, -0.1) is 5.10 Å². The van der Waals surface area contributed by atoms with Crippen molar-refractivity contribution in [3.05, 3.63) is 54.3 Å². The van der Waals surface area contributed by atoms with Gasteiger partial charge in [0.1, 0.15) is 11.0 Å². The summed E-state index contributed by atoms with van der Waals surface area (Å²) in [5, 5.41) is 25.3. The van der Waals surface area contributed by atoms with E-state index in [2.05, 4.69) is 32.0 Å². The number of nitrogens with zero attached hydrogens (tertiary/aromatic N) is 2. The number of aromatic nitrogens is 3. The van der Waals surface area contributed by atoms with E-state index in [0.29, 0.717) is 27.9 Å². The van der Waals surface area contributed by atoms with Crippen molar-refractivity contribution >= 4 is 40.0 Å². The summed E-state index contributed by atoms with van der Waals surface area (Å²) in [5.41, 5.74) is 5.35. The van der Waals surface area contributed by atoms with E-state index in [0.717, 1.165) is 22.9 Å². The first-order chi connectivity index (χ1) is 13.8. The molecule has 0 saturated carbocycles. The van der Waals surface area contributed by atoms with E-state index in [9.17, 15) is 14.2 Å². The molecule has 0 bridgehead atoms. The van der Waals surface area contributed by atoms with Gasteiger partial charge in [0.15, 0.2) is 5.82 Å². The summed E-state index contributed by atoms with van der Waals surface area (Å²) in [6, 6.07) is 5.22. The zero-order chi connectivity index (χ0) is 21.4. The number of rotatable bonds is 10. The van der Waals surface area contributed by atoms with E-state index >= 15 is 0 Å². The Morgan fingerprint density at radius 1 is 1.41 bits per heavy atom. The number of aromatic amines is 1. The van der Waals surface area contributed by atoms with Crippen LogP contribution in [0.1, 0.15) is 12.5 Å². The molecule has 0 aliphatic carbocycles. The molecule has 1 heterocycles. The Morgan fingerprint density at radius 2 is 2.17 bits per heavy atom. The number of thioether (sulfide) groups is 1. The third-order valence-corrected chi connectivity index (χ3v) is 4.87. The van der Waals surface area contributed by atoms with Crippen LogP contribution in [0.4, 0.5) is 5.69 Å². The molecule has 0 aliphatic heterocycles. The van der Waals surface area contributed by atoms with Crippen LogP contribution in [0.3, 0.4) is 0 Å². The van der Waals surface area contributed by atoms with Gasteiger partial charge in [0.2, 0.25) is 5.16 Å². The fraction of sp³-hybridized carbons (Fsp3) is 0.167. The van der Waals surface area contributed by atoms with Crippen molar-refractivity contribution in [1.29, 1.82) is 0 Å². The highest BCUT2D eigenvalue weighted by Gasteiger charge is 2.11. The van der Waals surface area contributed by atoms with Crippen LogP contribution in [-0.2, 0) is 15.8 Å². The quantitative estimate of drug-likeness (QED) is 0.218. The molecule has 5 N–H and O–H groups in total. The molecule has 1 aromatic heterocycles. The molecule has 0 saturated heterocycles. The number of hydrogen-bond donors (Lipinski definition) is 5. The molecule has 1 atom stereocenters. The second kappa shape index (κ2) is 10.6. The van der Waals surface area contributed by atoms with Gasteiger partial charge >= 0.3 is 5.97 Å². The van der Waals surface area contributed by atoms with Gasteiger partial charge in [-0.05, 0) is 42.3 Å². The van der Waals surface area contributed by atoms with Gasteiger partial charge in [0.25, 0.3) is 0 Å². The Morgan fingerprint density at radius 3 is 2.79 bits per heavy atom. The Bertz CT molecular complexity index is 984. The molecule has 0 amide bonds. The summed E-state index contributed by atoms with van der Waals surface area (Å²) in [4.78, 5) is 15.0. The van der Waals surface area contributed by atoms with E-state index in [1.807, 2.05) is 6.07 Å². The lowest BCUT2D eigenvalue weighted by atomic mass is 10.0. The van der Waals surface area contributed by atoms with E-state index in [1.165, 1.54) is 6.26 Å². The van der Waals surface area contributed by atoms with Crippen LogP contribution in [-0.4, -0.2) is 47.7 Å². The molecule has 1 unspecified atom stereocenters. The van der Waals surface area contributed by atoms with Crippen molar-refractivity contribution in [3.8, 4) is 11.4 Å². The summed E-state index contributed by atoms with van der Waals surface area (Å²) in [6.45, 7) is 5.51. The molecular formula is C18H21N5O4S2. The van der Waals surface area contributed by atoms with E-state index in [4.69, 9.17) is 5.11 Å². The van der Waals surface area contributed by atoms with Crippen LogP contribution >= 0.6 is 11.8 Å². The molecule has 0 radical (unpaired) electrons. The zero-order valence-electron chi connectivity index (χ0n) is 15.8. The second-order valence-corrected chi connectivity index (χ2v) is 7.86. The number of nitrogens with one attached hydrogen (secondary N) is 3. The predicted molar refractivity (Wildman–Crippen MR) is 115 cm³/mol. The minimum Gasteiger partial charge on any atom is -0.481 e. The summed E-state index contributed by atoms with van der Waals surface area (Å²) < 4.78 is 14.2. The fourth-order valence-electron chi connectivity index (χ4n) is 2.41. The number of allylic oxidation sites excluding steroid dienone is 5. The Balaban J connectivity index is 2.43. The van der Waals surface area contributed by atoms with Crippen molar-refractivity contribution in [3.63, 3.8) is 0 Å². The fourth-order valence-corrected chi connectivity index (χ4v) is 3.44. The molecule has 2 aromatic rings. The highest BCUT2D eigenvalue weighted by atomic mass is 32.2. The maximum Gasteiger partial charge on any atom is 0.313 e. The number of carboxylic acid groups (broad SMARTS) is 1. The van der Waals surface area contributed by atoms with Crippen molar-refractivity contribution < 1.29 is 19.3 Å². The lowest BCUT2D eigenvalue weighted by molar-refractivity contribution is -0.133. The second-order valence-electron chi connectivity index (χ2n) is 5.80. The van der Waals surface area contributed by atoms with Gasteiger partial charge in [0.05, 0.1) is 11.4 Å². The molecule has 1 aromatic carbocycles. The Hall–Kier alpha value is -2.89. The van der Waals surface area contributed by atoms with E-state index in [-0.39, 0.29) is 5.75 Å². The monoisotopic (exact) mass is 435 g/mol. The molecule has 29 heavy (non-hydrogen) atoms. The first-order valence-electron chi connectivity index (χ1n) is 8.26. The van der Waals surface area contributed by atoms with Gasteiger partial charge < -0.3 is 9.83 Å². The number of carbonyl (C=O) groups is 1. The molecule has 154 valence electrons. The lowest BCUT2D eigenvalue weighted by Crippen LogP contribution is -2.12. The van der Waals surface area contributed by atoms with Crippen molar-refractivity contribution in [1.82, 2.24) is 19.9 Å². The first kappa shape index (κ1) is 22.4. The van der Waals surface area contributed by atoms with E-state index in [1.54, 1.807) is 37.3 Å². The highest BCUT2D eigenvalue weighted by molar-refractivity contribution is 7.99. The summed E-state index contributed by atoms with van der Waals surface area (Å²) in [5.74, 6) is -0.691. The molecule has 11 heteroatoms. The predicted octanol–water partition coefficient (Wildman–Crippen LogP) is 2.81. The molecule has 0 spiro atoms. The van der Waals surface area contributed by atoms with E-state index < -0.39 is 17.0 Å². The largest absolute Gasteiger partial charge is 0.481 e. The van der Waals surface area contributed by atoms with Gasteiger partial charge in [-0.1, -0.05) is 30.5 Å². The van der Waals surface area contributed by atoms with Gasteiger partial charge in [-0.2, -0.15) is 0 Å². The first-order valence-corrected chi connectivity index (χ1v) is 10.8. The number of H-pyrrole nitrogens is 1. The van der Waals surface area contributed by atoms with Crippen molar-refractivity contribution in [2.45, 2.75) is 12.1 Å². The van der Waals surface area contributed by atoms with Crippen LogP contribution in [0.5, 0.6) is 0 Å². The molecule has 2 rings (SSSR count). The third-order valence-electron chi connectivity index (χ3n) is 3.43. The number of benzene rings is 1. The normalized spacial score (nSPS) is 13.1. The van der Waals surface area contributed by atoms with Crippen LogP contribution in [0, 0.1) is 0 Å². The standard InChI is InChI=1S/C18H21N5O4S2/c1-4-5-12(6-11(2)23-29(3)27)13-7-14(9-15(8-13)22-26)17-19-18(21-20-17)28-10-16(24)25/h4-9,22-23,26H,1,10H2,2-3H3,(H,24,25)(H,19,20,21)/b11-6+,12-5+. The molecule has 9 nitrogen and oxygen atoms in total. The minimum atomic E-state index is -1.21. The SMILES string of the molecule is C=C/C=C(\C=C(/C)NS(C)=O)c1cc(NO)cc(-c2nc(SCC(=O)O)n[nH]2)c1. The van der Waals surface area contributed by atoms with Crippen molar-refractivity contribution in [2.24, 2.45) is 0 Å². The van der Waals surface area contributed by atoms with Crippen LogP contribution in [0.25, 0.3) is 17.0 Å².